The van der Waals surface area contributed by atoms with Crippen molar-refractivity contribution in [2.75, 3.05) is 6.61 Å². The molecular weight excluding hydrogens is 521 g/mol. The van der Waals surface area contributed by atoms with Crippen molar-refractivity contribution in [3.05, 3.63) is 101 Å². The summed E-state index contributed by atoms with van der Waals surface area (Å²) in [6.45, 7) is 4.23. The van der Waals surface area contributed by atoms with E-state index in [0.717, 1.165) is 28.3 Å². The van der Waals surface area contributed by atoms with Crippen molar-refractivity contribution in [2.24, 2.45) is 0 Å². The van der Waals surface area contributed by atoms with Crippen LogP contribution < -0.4 is 4.72 Å². The van der Waals surface area contributed by atoms with Gasteiger partial charge in [-0.25, -0.2) is 22.9 Å². The third-order valence-electron chi connectivity index (χ3n) is 5.50. The van der Waals surface area contributed by atoms with E-state index in [2.05, 4.69) is 18.4 Å². The van der Waals surface area contributed by atoms with Crippen molar-refractivity contribution < 1.29 is 17.9 Å². The first-order valence-electron chi connectivity index (χ1n) is 11.4. The number of sulfonamides is 1. The van der Waals surface area contributed by atoms with Crippen LogP contribution in [0.3, 0.4) is 0 Å². The molecule has 10 heteroatoms. The predicted octanol–water partition coefficient (Wildman–Crippen LogP) is 5.59. The van der Waals surface area contributed by atoms with Crippen LogP contribution in [0.15, 0.2) is 90.0 Å². The number of benzene rings is 3. The van der Waals surface area contributed by atoms with E-state index in [4.69, 9.17) is 21.3 Å². The van der Waals surface area contributed by atoms with Gasteiger partial charge in [0.1, 0.15) is 10.7 Å². The molecule has 0 saturated heterocycles. The Hall–Kier alpha value is -2.62. The van der Waals surface area contributed by atoms with Gasteiger partial charge in [-0.2, -0.15) is 0 Å². The maximum absolute atomic E-state index is 12.3. The monoisotopic (exact) mass is 546 g/mol. The second-order valence-corrected chi connectivity index (χ2v) is 10.5. The molecule has 0 aliphatic rings. The fraction of sp³-hybridized carbons (Fsp3) is 0.185. The predicted molar refractivity (Wildman–Crippen MR) is 146 cm³/mol. The number of imidazole rings is 1. The Morgan fingerprint density at radius 1 is 1.00 bits per heavy atom. The van der Waals surface area contributed by atoms with E-state index in [-0.39, 0.29) is 52.0 Å². The molecule has 1 radical (unpaired) electrons. The molecule has 37 heavy (non-hydrogen) atoms. The Morgan fingerprint density at radius 2 is 1.65 bits per heavy atom. The average molecular weight is 547 g/mol. The zero-order valence-electron chi connectivity index (χ0n) is 20.9. The van der Waals surface area contributed by atoms with E-state index in [1.165, 1.54) is 18.2 Å². The van der Waals surface area contributed by atoms with Crippen molar-refractivity contribution in [1.29, 1.82) is 0 Å². The molecule has 3 aromatic carbocycles. The van der Waals surface area contributed by atoms with E-state index >= 15 is 0 Å². The molecule has 0 fully saturated rings. The summed E-state index contributed by atoms with van der Waals surface area (Å²) in [5.74, 6) is 1.19. The normalized spacial score (nSPS) is 11.1. The minimum absolute atomic E-state index is 0. The van der Waals surface area contributed by atoms with Crippen LogP contribution in [0.4, 0.5) is 4.79 Å². The van der Waals surface area contributed by atoms with Crippen molar-refractivity contribution >= 4 is 57.3 Å². The number of ether oxygens (including phenoxy) is 1. The van der Waals surface area contributed by atoms with Crippen LogP contribution in [0.5, 0.6) is 0 Å². The number of halogens is 1. The van der Waals surface area contributed by atoms with Gasteiger partial charge < -0.3 is 9.30 Å². The summed E-state index contributed by atoms with van der Waals surface area (Å²) in [7, 11) is -4.12. The molecule has 0 unspecified atom stereocenters. The van der Waals surface area contributed by atoms with Gasteiger partial charge >= 0.3 is 6.09 Å². The van der Waals surface area contributed by atoms with Gasteiger partial charge in [0.05, 0.1) is 17.3 Å². The fourth-order valence-electron chi connectivity index (χ4n) is 3.70. The van der Waals surface area contributed by atoms with Gasteiger partial charge in [0, 0.05) is 59.3 Å². The second kappa shape index (κ2) is 12.8. The van der Waals surface area contributed by atoms with Gasteiger partial charge in [-0.05, 0) is 29.8 Å². The quantitative estimate of drug-likeness (QED) is 0.291. The standard InChI is InChI=1S/C27H26ClN3O4S.Na/c1-19(2)26-29-24(21-8-4-3-5-9-21)18-31(26)22-14-12-20(13-15-22)16-17-35-27(32)30-36(33,34)25-11-7-6-10-23(25)28;/h3-15,18-19H,16-17H2,1-2H3,(H,30,32);. The molecule has 7 nitrogen and oxygen atoms in total. The van der Waals surface area contributed by atoms with Gasteiger partial charge in [0.15, 0.2) is 0 Å². The van der Waals surface area contributed by atoms with Crippen LogP contribution in [0.25, 0.3) is 16.9 Å². The van der Waals surface area contributed by atoms with Crippen LogP contribution >= 0.6 is 11.6 Å². The Bertz CT molecular complexity index is 1460. The van der Waals surface area contributed by atoms with Gasteiger partial charge in [-0.1, -0.05) is 80.0 Å². The average Bonchev–Trinajstić information content (AvgIpc) is 3.31. The van der Waals surface area contributed by atoms with E-state index in [1.807, 2.05) is 65.5 Å². The summed E-state index contributed by atoms with van der Waals surface area (Å²) < 4.78 is 33.7. The minimum Gasteiger partial charge on any atom is -0.448 e. The Labute approximate surface area is 244 Å². The summed E-state index contributed by atoms with van der Waals surface area (Å²) in [6.07, 6.45) is 1.41. The summed E-state index contributed by atoms with van der Waals surface area (Å²) in [6, 6.07) is 23.8. The second-order valence-electron chi connectivity index (χ2n) is 8.46. The molecular formula is C27H26ClN3NaO4S. The first-order valence-corrected chi connectivity index (χ1v) is 13.3. The van der Waals surface area contributed by atoms with Crippen molar-refractivity contribution in [2.45, 2.75) is 31.1 Å². The summed E-state index contributed by atoms with van der Waals surface area (Å²) in [4.78, 5) is 16.7. The Balaban J connectivity index is 0.00000380. The molecule has 187 valence electrons. The number of aromatic nitrogens is 2. The molecule has 4 rings (SSSR count). The third-order valence-corrected chi connectivity index (χ3v) is 7.31. The van der Waals surface area contributed by atoms with Crippen LogP contribution in [0.1, 0.15) is 31.2 Å². The summed E-state index contributed by atoms with van der Waals surface area (Å²) in [5.41, 5.74) is 3.88. The van der Waals surface area contributed by atoms with Gasteiger partial charge in [0.25, 0.3) is 10.0 Å². The number of carbonyl (C=O) groups excluding carboxylic acids is 1. The number of carbonyl (C=O) groups is 1. The molecule has 0 spiro atoms. The van der Waals surface area contributed by atoms with Crippen molar-refractivity contribution in [3.63, 3.8) is 0 Å². The van der Waals surface area contributed by atoms with Crippen LogP contribution in [-0.2, 0) is 21.2 Å². The Kier molecular flexibility index (Phi) is 9.98. The molecule has 0 bridgehead atoms. The van der Waals surface area contributed by atoms with Crippen molar-refractivity contribution in [1.82, 2.24) is 14.3 Å². The van der Waals surface area contributed by atoms with Gasteiger partial charge in [-0.15, -0.1) is 0 Å². The smallest absolute Gasteiger partial charge is 0.421 e. The van der Waals surface area contributed by atoms with E-state index < -0.39 is 16.1 Å². The Morgan fingerprint density at radius 3 is 2.30 bits per heavy atom. The van der Waals surface area contributed by atoms with Crippen LogP contribution in [0.2, 0.25) is 5.02 Å². The van der Waals surface area contributed by atoms with E-state index in [0.29, 0.717) is 6.42 Å². The number of amides is 1. The third kappa shape index (κ3) is 7.24. The molecule has 4 aromatic rings. The number of hydrogen-bond acceptors (Lipinski definition) is 5. The molecule has 1 heterocycles. The fourth-order valence-corrected chi connectivity index (χ4v) is 5.11. The molecule has 1 amide bonds. The molecule has 0 aliphatic carbocycles. The number of hydrogen-bond donors (Lipinski definition) is 1. The number of nitrogens with one attached hydrogen (secondary N) is 1. The number of nitrogens with zero attached hydrogens (tertiary/aromatic N) is 2. The molecule has 0 atom stereocenters. The zero-order valence-corrected chi connectivity index (χ0v) is 24.5. The molecule has 1 N–H and O–H groups in total. The zero-order chi connectivity index (χ0) is 25.7. The maximum atomic E-state index is 12.3. The van der Waals surface area contributed by atoms with Crippen LogP contribution in [0, 0.1) is 0 Å². The molecule has 0 saturated carbocycles. The first-order chi connectivity index (χ1) is 17.2. The molecule has 1 aromatic heterocycles. The minimum atomic E-state index is -4.12. The molecule has 0 aliphatic heterocycles. The van der Waals surface area contributed by atoms with E-state index in [9.17, 15) is 13.2 Å². The topological polar surface area (TPSA) is 90.3 Å². The SMILES string of the molecule is CC(C)c1nc(-c2ccccc2)cn1-c1ccc(CCOC(=O)NS(=O)(=O)c2ccccc2Cl)cc1.[Na]. The summed E-state index contributed by atoms with van der Waals surface area (Å²) >= 11 is 5.92. The van der Waals surface area contributed by atoms with Crippen molar-refractivity contribution in [3.8, 4) is 16.9 Å². The number of rotatable bonds is 8. The first kappa shape index (κ1) is 28.9. The summed E-state index contributed by atoms with van der Waals surface area (Å²) in [5, 5.41) is 0.0206. The van der Waals surface area contributed by atoms with Gasteiger partial charge in [-0.3, -0.25) is 0 Å². The van der Waals surface area contributed by atoms with Gasteiger partial charge in [0.2, 0.25) is 0 Å². The maximum Gasteiger partial charge on any atom is 0.421 e. The van der Waals surface area contributed by atoms with Crippen LogP contribution in [-0.4, -0.2) is 60.2 Å². The van der Waals surface area contributed by atoms with E-state index in [1.54, 1.807) is 6.07 Å². The largest absolute Gasteiger partial charge is 0.448 e.